The molecule has 0 aliphatic carbocycles. The molecule has 4 aromatic rings. The van der Waals surface area contributed by atoms with E-state index in [4.69, 9.17) is 4.52 Å². The molecule has 5 nitrogen and oxygen atoms in total. The zero-order valence-electron chi connectivity index (χ0n) is 14.2. The van der Waals surface area contributed by atoms with Gasteiger partial charge in [0.2, 0.25) is 5.82 Å². The van der Waals surface area contributed by atoms with E-state index < -0.39 is 17.3 Å². The SMILES string of the molecule is O=c1c(-c2nc(-c3ccsc3)no2)cccn1Cc1ccccc1C(F)(F)F. The van der Waals surface area contributed by atoms with Gasteiger partial charge in [-0.05, 0) is 35.2 Å². The summed E-state index contributed by atoms with van der Waals surface area (Å²) in [5, 5.41) is 7.56. The van der Waals surface area contributed by atoms with E-state index in [-0.39, 0.29) is 23.6 Å². The molecule has 0 radical (unpaired) electrons. The second-order valence-electron chi connectivity index (χ2n) is 5.94. The number of halogens is 3. The molecule has 0 aliphatic heterocycles. The molecule has 0 atom stereocenters. The highest BCUT2D eigenvalue weighted by Gasteiger charge is 2.33. The average Bonchev–Trinajstić information content (AvgIpc) is 3.34. The van der Waals surface area contributed by atoms with Gasteiger partial charge < -0.3 is 9.09 Å². The fraction of sp³-hybridized carbons (Fsp3) is 0.105. The molecular formula is C19H12F3N3O2S. The zero-order valence-corrected chi connectivity index (χ0v) is 15.0. The highest BCUT2D eigenvalue weighted by atomic mass is 32.1. The fourth-order valence-corrected chi connectivity index (χ4v) is 3.42. The highest BCUT2D eigenvalue weighted by Crippen LogP contribution is 2.32. The highest BCUT2D eigenvalue weighted by molar-refractivity contribution is 7.08. The van der Waals surface area contributed by atoms with Gasteiger partial charge in [0.25, 0.3) is 11.4 Å². The standard InChI is InChI=1S/C19H12F3N3O2S/c20-19(21,22)15-6-2-1-4-12(15)10-25-8-3-5-14(18(25)26)17-23-16(24-27-17)13-7-9-28-11-13/h1-9,11H,10H2. The molecular weight excluding hydrogens is 391 g/mol. The Morgan fingerprint density at radius 3 is 2.68 bits per heavy atom. The van der Waals surface area contributed by atoms with Gasteiger partial charge in [0, 0.05) is 17.1 Å². The molecule has 0 bridgehead atoms. The van der Waals surface area contributed by atoms with Crippen molar-refractivity contribution in [1.29, 1.82) is 0 Å². The molecule has 4 rings (SSSR count). The van der Waals surface area contributed by atoms with Crippen LogP contribution < -0.4 is 5.56 Å². The van der Waals surface area contributed by atoms with Crippen LogP contribution in [0.2, 0.25) is 0 Å². The van der Waals surface area contributed by atoms with E-state index in [0.29, 0.717) is 5.82 Å². The Labute approximate surface area is 160 Å². The van der Waals surface area contributed by atoms with Crippen molar-refractivity contribution in [2.45, 2.75) is 12.7 Å². The average molecular weight is 403 g/mol. The van der Waals surface area contributed by atoms with Crippen LogP contribution in [0.15, 0.2) is 68.7 Å². The normalized spacial score (nSPS) is 11.7. The lowest BCUT2D eigenvalue weighted by atomic mass is 10.1. The maximum Gasteiger partial charge on any atom is 0.416 e. The predicted octanol–water partition coefficient (Wildman–Crippen LogP) is 4.69. The number of aromatic nitrogens is 3. The van der Waals surface area contributed by atoms with E-state index >= 15 is 0 Å². The number of thiophene rings is 1. The van der Waals surface area contributed by atoms with E-state index in [2.05, 4.69) is 10.1 Å². The fourth-order valence-electron chi connectivity index (χ4n) is 2.78. The molecule has 0 saturated heterocycles. The Kier molecular flexibility index (Phi) is 4.60. The Bertz CT molecular complexity index is 1160. The summed E-state index contributed by atoms with van der Waals surface area (Å²) in [7, 11) is 0. The third-order valence-electron chi connectivity index (χ3n) is 4.12. The van der Waals surface area contributed by atoms with Crippen molar-refractivity contribution in [3.63, 3.8) is 0 Å². The third kappa shape index (κ3) is 3.48. The number of hydrogen-bond acceptors (Lipinski definition) is 5. The largest absolute Gasteiger partial charge is 0.416 e. The summed E-state index contributed by atoms with van der Waals surface area (Å²) in [5.74, 6) is 0.359. The van der Waals surface area contributed by atoms with Gasteiger partial charge >= 0.3 is 6.18 Å². The molecule has 0 amide bonds. The molecule has 0 spiro atoms. The first kappa shape index (κ1) is 18.2. The number of rotatable bonds is 4. The van der Waals surface area contributed by atoms with Crippen LogP contribution in [0.5, 0.6) is 0 Å². The molecule has 28 heavy (non-hydrogen) atoms. The lowest BCUT2D eigenvalue weighted by Crippen LogP contribution is -2.23. The minimum atomic E-state index is -4.50. The molecule has 142 valence electrons. The number of nitrogens with zero attached hydrogens (tertiary/aromatic N) is 3. The molecule has 0 unspecified atom stereocenters. The maximum absolute atomic E-state index is 13.2. The van der Waals surface area contributed by atoms with Crippen LogP contribution >= 0.6 is 11.3 Å². The molecule has 3 heterocycles. The zero-order chi connectivity index (χ0) is 19.7. The van der Waals surface area contributed by atoms with E-state index in [1.807, 2.05) is 16.8 Å². The summed E-state index contributed by atoms with van der Waals surface area (Å²) < 4.78 is 46.0. The van der Waals surface area contributed by atoms with E-state index in [1.165, 1.54) is 46.4 Å². The predicted molar refractivity (Wildman–Crippen MR) is 97.9 cm³/mol. The van der Waals surface area contributed by atoms with Crippen LogP contribution in [0, 0.1) is 0 Å². The molecule has 0 saturated carbocycles. The van der Waals surface area contributed by atoms with Crippen LogP contribution in [0.3, 0.4) is 0 Å². The maximum atomic E-state index is 13.2. The van der Waals surface area contributed by atoms with Crippen molar-refractivity contribution >= 4 is 11.3 Å². The van der Waals surface area contributed by atoms with Gasteiger partial charge in [-0.25, -0.2) is 0 Å². The van der Waals surface area contributed by atoms with E-state index in [9.17, 15) is 18.0 Å². The summed E-state index contributed by atoms with van der Waals surface area (Å²) in [4.78, 5) is 17.0. The number of pyridine rings is 1. The topological polar surface area (TPSA) is 60.9 Å². The molecule has 3 aromatic heterocycles. The molecule has 9 heteroatoms. The van der Waals surface area contributed by atoms with Crippen molar-refractivity contribution < 1.29 is 17.7 Å². The number of hydrogen-bond donors (Lipinski definition) is 0. The van der Waals surface area contributed by atoms with Gasteiger partial charge in [-0.2, -0.15) is 29.5 Å². The van der Waals surface area contributed by atoms with Crippen LogP contribution in [0.1, 0.15) is 11.1 Å². The Morgan fingerprint density at radius 1 is 1.11 bits per heavy atom. The summed E-state index contributed by atoms with van der Waals surface area (Å²) in [6.45, 7) is -0.228. The molecule has 0 N–H and O–H groups in total. The van der Waals surface area contributed by atoms with Crippen molar-refractivity contribution in [2.75, 3.05) is 0 Å². The van der Waals surface area contributed by atoms with Gasteiger partial charge in [-0.15, -0.1) is 0 Å². The van der Waals surface area contributed by atoms with Gasteiger partial charge in [0.05, 0.1) is 12.1 Å². The number of alkyl halides is 3. The first-order valence-corrected chi connectivity index (χ1v) is 9.09. The minimum absolute atomic E-state index is 0.00117. The van der Waals surface area contributed by atoms with Crippen molar-refractivity contribution in [3.8, 4) is 22.8 Å². The monoisotopic (exact) mass is 403 g/mol. The third-order valence-corrected chi connectivity index (χ3v) is 4.80. The molecule has 0 aliphatic rings. The number of benzene rings is 1. The smallest absolute Gasteiger partial charge is 0.333 e. The first-order valence-electron chi connectivity index (χ1n) is 8.14. The second-order valence-corrected chi connectivity index (χ2v) is 6.73. The van der Waals surface area contributed by atoms with Crippen LogP contribution in [-0.2, 0) is 12.7 Å². The second kappa shape index (κ2) is 7.08. The van der Waals surface area contributed by atoms with Crippen molar-refractivity contribution in [1.82, 2.24) is 14.7 Å². The van der Waals surface area contributed by atoms with E-state index in [0.717, 1.165) is 11.6 Å². The van der Waals surface area contributed by atoms with E-state index in [1.54, 1.807) is 6.07 Å². The van der Waals surface area contributed by atoms with Crippen LogP contribution in [-0.4, -0.2) is 14.7 Å². The summed E-state index contributed by atoms with van der Waals surface area (Å²) in [5.41, 5.74) is -0.403. The van der Waals surface area contributed by atoms with Crippen molar-refractivity contribution in [2.24, 2.45) is 0 Å². The Balaban J connectivity index is 1.70. The summed E-state index contributed by atoms with van der Waals surface area (Å²) in [6, 6.07) is 10.0. The van der Waals surface area contributed by atoms with Crippen LogP contribution in [0.25, 0.3) is 22.8 Å². The van der Waals surface area contributed by atoms with Gasteiger partial charge in [0.1, 0.15) is 5.56 Å². The minimum Gasteiger partial charge on any atom is -0.333 e. The molecule has 0 fully saturated rings. The summed E-state index contributed by atoms with van der Waals surface area (Å²) in [6.07, 6.45) is -3.07. The quantitative estimate of drug-likeness (QED) is 0.496. The van der Waals surface area contributed by atoms with Crippen molar-refractivity contribution in [3.05, 3.63) is 80.9 Å². The lowest BCUT2D eigenvalue weighted by molar-refractivity contribution is -0.138. The molecule has 1 aromatic carbocycles. The first-order chi connectivity index (χ1) is 13.4. The Morgan fingerprint density at radius 2 is 1.93 bits per heavy atom. The van der Waals surface area contributed by atoms with Gasteiger partial charge in [-0.3, -0.25) is 4.79 Å². The van der Waals surface area contributed by atoms with Crippen LogP contribution in [0.4, 0.5) is 13.2 Å². The van der Waals surface area contributed by atoms with Gasteiger partial charge in [-0.1, -0.05) is 23.4 Å². The van der Waals surface area contributed by atoms with Gasteiger partial charge in [0.15, 0.2) is 0 Å². The summed E-state index contributed by atoms with van der Waals surface area (Å²) >= 11 is 1.47. The lowest BCUT2D eigenvalue weighted by Gasteiger charge is -2.14. The Hall–Kier alpha value is -3.20.